The van der Waals surface area contributed by atoms with Crippen molar-refractivity contribution in [2.45, 2.75) is 0 Å². The molecule has 2 rings (SSSR count). The summed E-state index contributed by atoms with van der Waals surface area (Å²) < 4.78 is 18.5. The zero-order chi connectivity index (χ0) is 9.26. The van der Waals surface area contributed by atoms with Gasteiger partial charge in [0.05, 0.1) is 10.7 Å². The van der Waals surface area contributed by atoms with Crippen molar-refractivity contribution in [1.29, 1.82) is 0 Å². The molecule has 0 radical (unpaired) electrons. The number of rotatable bonds is 1. The summed E-state index contributed by atoms with van der Waals surface area (Å²) in [6.07, 6.45) is 1.59. The molecule has 0 atom stereocenters. The van der Waals surface area contributed by atoms with Gasteiger partial charge in [-0.3, -0.25) is 0 Å². The van der Waals surface area contributed by atoms with E-state index in [4.69, 9.17) is 4.42 Å². The van der Waals surface area contributed by atoms with Crippen LogP contribution in [0.15, 0.2) is 45.5 Å². The van der Waals surface area contributed by atoms with Crippen LogP contribution in [0.3, 0.4) is 0 Å². The molecule has 2 aromatic rings. The van der Waals surface area contributed by atoms with E-state index >= 15 is 0 Å². The average molecular weight is 241 g/mol. The Morgan fingerprint density at radius 2 is 2.08 bits per heavy atom. The Morgan fingerprint density at radius 3 is 2.69 bits per heavy atom. The minimum atomic E-state index is -0.268. The number of hydrogen-bond acceptors (Lipinski definition) is 1. The van der Waals surface area contributed by atoms with Crippen LogP contribution in [0.25, 0.3) is 11.3 Å². The molecule has 0 fully saturated rings. The van der Waals surface area contributed by atoms with Crippen LogP contribution in [0.4, 0.5) is 4.39 Å². The quantitative estimate of drug-likeness (QED) is 0.739. The number of halogens is 2. The molecule has 1 heterocycles. The van der Waals surface area contributed by atoms with Crippen molar-refractivity contribution in [3.63, 3.8) is 0 Å². The van der Waals surface area contributed by atoms with E-state index in [1.807, 2.05) is 6.07 Å². The first-order valence-corrected chi connectivity index (χ1v) is 4.55. The second-order valence-electron chi connectivity index (χ2n) is 2.61. The lowest BCUT2D eigenvalue weighted by molar-refractivity contribution is 0.581. The van der Waals surface area contributed by atoms with Gasteiger partial charge < -0.3 is 4.42 Å². The molecule has 0 saturated carbocycles. The van der Waals surface area contributed by atoms with E-state index in [9.17, 15) is 4.39 Å². The fourth-order valence-corrected chi connectivity index (χ4v) is 1.47. The molecule has 1 aromatic heterocycles. The molecule has 0 aliphatic carbocycles. The number of hydrogen-bond donors (Lipinski definition) is 0. The molecule has 0 unspecified atom stereocenters. The third kappa shape index (κ3) is 1.65. The van der Waals surface area contributed by atoms with E-state index in [1.54, 1.807) is 24.5 Å². The lowest BCUT2D eigenvalue weighted by Gasteiger charge is -1.98. The van der Waals surface area contributed by atoms with Gasteiger partial charge in [0.15, 0.2) is 0 Å². The van der Waals surface area contributed by atoms with Gasteiger partial charge >= 0.3 is 0 Å². The molecular formula is C10H6BrFO. The van der Waals surface area contributed by atoms with E-state index < -0.39 is 0 Å². The van der Waals surface area contributed by atoms with Crippen molar-refractivity contribution in [1.82, 2.24) is 0 Å². The third-order valence-corrected chi connectivity index (χ3v) is 2.33. The van der Waals surface area contributed by atoms with Crippen LogP contribution in [0.2, 0.25) is 0 Å². The van der Waals surface area contributed by atoms with Crippen molar-refractivity contribution in [2.24, 2.45) is 0 Å². The number of benzene rings is 1. The van der Waals surface area contributed by atoms with E-state index in [1.165, 1.54) is 6.07 Å². The normalized spacial score (nSPS) is 10.3. The highest BCUT2D eigenvalue weighted by atomic mass is 79.9. The van der Waals surface area contributed by atoms with Gasteiger partial charge in [0.1, 0.15) is 11.6 Å². The summed E-state index contributed by atoms with van der Waals surface area (Å²) >= 11 is 3.11. The summed E-state index contributed by atoms with van der Waals surface area (Å²) in [5.74, 6) is 0.469. The first kappa shape index (κ1) is 8.51. The van der Waals surface area contributed by atoms with Gasteiger partial charge in [-0.1, -0.05) is 0 Å². The summed E-state index contributed by atoms with van der Waals surface area (Å²) in [5.41, 5.74) is 0.860. The van der Waals surface area contributed by atoms with Crippen LogP contribution in [-0.2, 0) is 0 Å². The Kier molecular flexibility index (Phi) is 2.19. The first-order valence-electron chi connectivity index (χ1n) is 3.76. The highest BCUT2D eigenvalue weighted by molar-refractivity contribution is 9.10. The molecule has 0 aliphatic rings. The molecule has 0 saturated heterocycles. The van der Waals surface area contributed by atoms with Gasteiger partial charge in [0.2, 0.25) is 0 Å². The van der Waals surface area contributed by atoms with Crippen LogP contribution < -0.4 is 0 Å². The molecule has 1 aromatic carbocycles. The van der Waals surface area contributed by atoms with Crippen molar-refractivity contribution < 1.29 is 8.81 Å². The molecule has 13 heavy (non-hydrogen) atoms. The van der Waals surface area contributed by atoms with Gasteiger partial charge in [0.25, 0.3) is 0 Å². The lowest BCUT2D eigenvalue weighted by atomic mass is 10.2. The Bertz CT molecular complexity index is 409. The van der Waals surface area contributed by atoms with Crippen molar-refractivity contribution in [2.75, 3.05) is 0 Å². The summed E-state index contributed by atoms with van der Waals surface area (Å²) in [6, 6.07) is 8.40. The summed E-state index contributed by atoms with van der Waals surface area (Å²) in [6.45, 7) is 0. The van der Waals surface area contributed by atoms with E-state index in [2.05, 4.69) is 15.9 Å². The third-order valence-electron chi connectivity index (χ3n) is 1.73. The predicted octanol–water partition coefficient (Wildman–Crippen LogP) is 3.85. The smallest absolute Gasteiger partial charge is 0.137 e. The second-order valence-corrected chi connectivity index (χ2v) is 3.46. The maximum atomic E-state index is 12.9. The molecule has 0 N–H and O–H groups in total. The molecule has 66 valence electrons. The average Bonchev–Trinajstić information content (AvgIpc) is 2.62. The molecule has 0 spiro atoms. The Labute approximate surface area is 83.3 Å². The summed E-state index contributed by atoms with van der Waals surface area (Å²) in [5, 5.41) is 0. The monoisotopic (exact) mass is 240 g/mol. The molecule has 0 amide bonds. The van der Waals surface area contributed by atoms with E-state index in [0.29, 0.717) is 4.47 Å². The minimum Gasteiger partial charge on any atom is -0.464 e. The van der Waals surface area contributed by atoms with Crippen LogP contribution >= 0.6 is 15.9 Å². The summed E-state index contributed by atoms with van der Waals surface area (Å²) in [7, 11) is 0. The maximum absolute atomic E-state index is 12.9. The molecule has 1 nitrogen and oxygen atoms in total. The van der Waals surface area contributed by atoms with Gasteiger partial charge in [-0.25, -0.2) is 4.39 Å². The predicted molar refractivity (Wildman–Crippen MR) is 51.8 cm³/mol. The maximum Gasteiger partial charge on any atom is 0.137 e. The molecule has 0 aliphatic heterocycles. The van der Waals surface area contributed by atoms with Crippen LogP contribution in [-0.4, -0.2) is 0 Å². The topological polar surface area (TPSA) is 13.1 Å². The second kappa shape index (κ2) is 3.34. The lowest BCUT2D eigenvalue weighted by Crippen LogP contribution is -1.78. The van der Waals surface area contributed by atoms with Crippen molar-refractivity contribution >= 4 is 15.9 Å². The largest absolute Gasteiger partial charge is 0.464 e. The zero-order valence-corrected chi connectivity index (χ0v) is 8.21. The van der Waals surface area contributed by atoms with Gasteiger partial charge in [-0.15, -0.1) is 0 Å². The Balaban J connectivity index is 2.49. The van der Waals surface area contributed by atoms with Crippen LogP contribution in [0.5, 0.6) is 0 Å². The SMILES string of the molecule is Fc1ccc(-c2ccco2)cc1Br. The van der Waals surface area contributed by atoms with Gasteiger partial charge in [0, 0.05) is 5.56 Å². The van der Waals surface area contributed by atoms with Crippen molar-refractivity contribution in [3.05, 3.63) is 46.9 Å². The van der Waals surface area contributed by atoms with Gasteiger partial charge in [-0.05, 0) is 46.3 Å². The van der Waals surface area contributed by atoms with Crippen molar-refractivity contribution in [3.8, 4) is 11.3 Å². The van der Waals surface area contributed by atoms with Gasteiger partial charge in [-0.2, -0.15) is 0 Å². The molecule has 0 bridgehead atoms. The van der Waals surface area contributed by atoms with E-state index in [0.717, 1.165) is 11.3 Å². The molecule has 3 heteroatoms. The first-order chi connectivity index (χ1) is 6.27. The highest BCUT2D eigenvalue weighted by Gasteiger charge is 2.03. The standard InChI is InChI=1S/C10H6BrFO/c11-8-6-7(3-4-9(8)12)10-2-1-5-13-10/h1-6H. The fourth-order valence-electron chi connectivity index (χ4n) is 1.09. The molecular weight excluding hydrogens is 235 g/mol. The Morgan fingerprint density at radius 1 is 1.23 bits per heavy atom. The van der Waals surface area contributed by atoms with Crippen LogP contribution in [0.1, 0.15) is 0 Å². The Hall–Kier alpha value is -1.09. The minimum absolute atomic E-state index is 0.268. The van der Waals surface area contributed by atoms with Crippen LogP contribution in [0, 0.1) is 5.82 Å². The fraction of sp³-hybridized carbons (Fsp3) is 0. The van der Waals surface area contributed by atoms with E-state index in [-0.39, 0.29) is 5.82 Å². The zero-order valence-electron chi connectivity index (χ0n) is 6.63. The summed E-state index contributed by atoms with van der Waals surface area (Å²) in [4.78, 5) is 0. The highest BCUT2D eigenvalue weighted by Crippen LogP contribution is 2.25. The number of furan rings is 1.